The number of nitrogens with zero attached hydrogens (tertiary/aromatic N) is 2. The van der Waals surface area contributed by atoms with Crippen molar-refractivity contribution in [3.8, 4) is 0 Å². The Balaban J connectivity index is 4.00. The monoisotopic (exact) mass is 332 g/mol. The van der Waals surface area contributed by atoms with Crippen molar-refractivity contribution in [3.63, 3.8) is 0 Å². The smallest absolute Gasteiger partial charge is 0.325 e. The van der Waals surface area contributed by atoms with Crippen molar-refractivity contribution in [1.29, 1.82) is 0 Å². The van der Waals surface area contributed by atoms with Crippen LogP contribution in [0.5, 0.6) is 0 Å². The highest BCUT2D eigenvalue weighted by molar-refractivity contribution is 6.34. The third-order valence-corrected chi connectivity index (χ3v) is 3.68. The highest BCUT2D eigenvalue weighted by atomic mass is 35.5. The summed E-state index contributed by atoms with van der Waals surface area (Å²) in [5.41, 5.74) is -5.57. The first kappa shape index (κ1) is 17.3. The number of halogens is 1. The molecule has 0 amide bonds. The van der Waals surface area contributed by atoms with Gasteiger partial charge in [0.15, 0.2) is 5.41 Å². The van der Waals surface area contributed by atoms with Crippen molar-refractivity contribution in [2.45, 2.75) is 19.3 Å². The third-order valence-electron chi connectivity index (χ3n) is 3.21. The standard InChI is InChI=1S/C11H9ClN2O8/c1-4-5(13(19)20)3-6(14(21)22)7(8(4)12)11(2,9(15)16)10(17)18/h3H,1-2H3,(H,15,16)(H,17,18). The number of carboxylic acids is 2. The number of carboxylic acid groups (broad SMARTS) is 2. The van der Waals surface area contributed by atoms with Crippen molar-refractivity contribution in [1.82, 2.24) is 0 Å². The van der Waals surface area contributed by atoms with Gasteiger partial charge >= 0.3 is 11.9 Å². The highest BCUT2D eigenvalue weighted by Gasteiger charge is 2.50. The number of aliphatic carboxylic acids is 2. The van der Waals surface area contributed by atoms with Crippen LogP contribution in [0.15, 0.2) is 6.07 Å². The van der Waals surface area contributed by atoms with Gasteiger partial charge in [0.2, 0.25) is 0 Å². The minimum atomic E-state index is -2.74. The lowest BCUT2D eigenvalue weighted by molar-refractivity contribution is -0.395. The van der Waals surface area contributed by atoms with E-state index in [1.165, 1.54) is 0 Å². The second-order valence-corrected chi connectivity index (χ2v) is 4.86. The molecule has 0 spiro atoms. The Labute approximate surface area is 127 Å². The predicted octanol–water partition coefficient (Wildman–Crippen LogP) is 1.89. The van der Waals surface area contributed by atoms with E-state index >= 15 is 0 Å². The zero-order chi connectivity index (χ0) is 17.4. The maximum Gasteiger partial charge on any atom is 0.325 e. The van der Waals surface area contributed by atoms with Crippen LogP contribution >= 0.6 is 11.6 Å². The number of rotatable bonds is 5. The average molecular weight is 333 g/mol. The maximum absolute atomic E-state index is 11.3. The molecule has 118 valence electrons. The number of carbonyl (C=O) groups is 2. The fourth-order valence-electron chi connectivity index (χ4n) is 1.84. The van der Waals surface area contributed by atoms with Gasteiger partial charge in [0.25, 0.3) is 11.4 Å². The van der Waals surface area contributed by atoms with Crippen LogP contribution in [-0.4, -0.2) is 32.0 Å². The Morgan fingerprint density at radius 3 is 1.86 bits per heavy atom. The van der Waals surface area contributed by atoms with Crippen molar-refractivity contribution in [2.75, 3.05) is 0 Å². The van der Waals surface area contributed by atoms with E-state index in [2.05, 4.69) is 0 Å². The van der Waals surface area contributed by atoms with Gasteiger partial charge in [-0.15, -0.1) is 0 Å². The van der Waals surface area contributed by atoms with E-state index in [4.69, 9.17) is 21.8 Å². The van der Waals surface area contributed by atoms with Crippen molar-refractivity contribution >= 4 is 34.9 Å². The molecule has 0 unspecified atom stereocenters. The van der Waals surface area contributed by atoms with E-state index in [0.717, 1.165) is 13.8 Å². The normalized spacial score (nSPS) is 11.0. The zero-order valence-electron chi connectivity index (χ0n) is 11.2. The van der Waals surface area contributed by atoms with Crippen LogP contribution in [0.2, 0.25) is 5.02 Å². The van der Waals surface area contributed by atoms with Gasteiger partial charge in [-0.3, -0.25) is 29.8 Å². The topological polar surface area (TPSA) is 161 Å². The van der Waals surface area contributed by atoms with Crippen LogP contribution < -0.4 is 0 Å². The summed E-state index contributed by atoms with van der Waals surface area (Å²) in [4.78, 5) is 42.6. The number of hydrogen-bond donors (Lipinski definition) is 2. The van der Waals surface area contributed by atoms with Crippen molar-refractivity contribution in [2.24, 2.45) is 0 Å². The number of nitro groups is 2. The van der Waals surface area contributed by atoms with Crippen LogP contribution in [0, 0.1) is 27.2 Å². The minimum Gasteiger partial charge on any atom is -0.480 e. The summed E-state index contributed by atoms with van der Waals surface area (Å²) in [5.74, 6) is -3.78. The molecule has 2 N–H and O–H groups in total. The Morgan fingerprint density at radius 1 is 1.14 bits per heavy atom. The summed E-state index contributed by atoms with van der Waals surface area (Å²) in [6.07, 6.45) is 0. The SMILES string of the molecule is Cc1c([N+](=O)[O-])cc([N+](=O)[O-])c(C(C)(C(=O)O)C(=O)O)c1Cl. The van der Waals surface area contributed by atoms with Gasteiger partial charge in [-0.25, -0.2) is 0 Å². The first-order valence-electron chi connectivity index (χ1n) is 5.55. The Kier molecular flexibility index (Phi) is 4.37. The van der Waals surface area contributed by atoms with Gasteiger partial charge in [-0.2, -0.15) is 0 Å². The lowest BCUT2D eigenvalue weighted by atomic mass is 9.80. The molecule has 0 atom stereocenters. The minimum absolute atomic E-state index is 0.263. The summed E-state index contributed by atoms with van der Waals surface area (Å²) in [7, 11) is 0. The van der Waals surface area contributed by atoms with Gasteiger partial charge < -0.3 is 10.2 Å². The van der Waals surface area contributed by atoms with Gasteiger partial charge in [-0.1, -0.05) is 11.6 Å². The lowest BCUT2D eigenvalue weighted by Gasteiger charge is -2.22. The molecule has 0 aliphatic heterocycles. The van der Waals surface area contributed by atoms with Gasteiger partial charge in [0.05, 0.1) is 26.5 Å². The highest BCUT2D eigenvalue weighted by Crippen LogP contribution is 2.43. The zero-order valence-corrected chi connectivity index (χ0v) is 11.9. The molecule has 1 aromatic rings. The number of nitro benzene ring substituents is 2. The van der Waals surface area contributed by atoms with E-state index in [-0.39, 0.29) is 5.56 Å². The molecule has 1 aromatic carbocycles. The van der Waals surface area contributed by atoms with Gasteiger partial charge in [0.1, 0.15) is 0 Å². The molecule has 1 rings (SSSR count). The van der Waals surface area contributed by atoms with E-state index in [1.54, 1.807) is 0 Å². The number of hydrogen-bond acceptors (Lipinski definition) is 6. The molecular formula is C11H9ClN2O8. The second-order valence-electron chi connectivity index (χ2n) is 4.48. The van der Waals surface area contributed by atoms with Crippen LogP contribution in [0.4, 0.5) is 11.4 Å². The van der Waals surface area contributed by atoms with E-state index in [1.807, 2.05) is 0 Å². The third kappa shape index (κ3) is 2.44. The maximum atomic E-state index is 11.3. The van der Waals surface area contributed by atoms with Crippen molar-refractivity contribution < 1.29 is 29.6 Å². The average Bonchev–Trinajstić information content (AvgIpc) is 2.39. The quantitative estimate of drug-likeness (QED) is 0.469. The first-order valence-corrected chi connectivity index (χ1v) is 5.93. The Bertz CT molecular complexity index is 701. The molecule has 11 heteroatoms. The van der Waals surface area contributed by atoms with Gasteiger partial charge in [0, 0.05) is 5.56 Å². The molecule has 10 nitrogen and oxygen atoms in total. The molecule has 0 aliphatic carbocycles. The molecule has 0 saturated carbocycles. The Morgan fingerprint density at radius 2 is 1.55 bits per heavy atom. The van der Waals surface area contributed by atoms with Crippen LogP contribution in [0.1, 0.15) is 18.1 Å². The fraction of sp³-hybridized carbons (Fsp3) is 0.273. The summed E-state index contributed by atoms with van der Waals surface area (Å²) >= 11 is 5.83. The lowest BCUT2D eigenvalue weighted by Crippen LogP contribution is -2.41. The second kappa shape index (κ2) is 5.56. The fourth-order valence-corrected chi connectivity index (χ4v) is 2.22. The molecule has 0 heterocycles. The van der Waals surface area contributed by atoms with Crippen LogP contribution in [0.25, 0.3) is 0 Å². The number of benzene rings is 1. The molecule has 22 heavy (non-hydrogen) atoms. The Hall–Kier alpha value is -2.75. The first-order chi connectivity index (χ1) is 9.96. The van der Waals surface area contributed by atoms with E-state index < -0.39 is 49.2 Å². The van der Waals surface area contributed by atoms with E-state index in [9.17, 15) is 29.8 Å². The molecule has 0 aromatic heterocycles. The van der Waals surface area contributed by atoms with Crippen molar-refractivity contribution in [3.05, 3.63) is 42.4 Å². The van der Waals surface area contributed by atoms with E-state index in [0.29, 0.717) is 6.07 Å². The molecule has 0 radical (unpaired) electrons. The summed E-state index contributed by atoms with van der Waals surface area (Å²) < 4.78 is 0. The molecule has 0 saturated heterocycles. The predicted molar refractivity (Wildman–Crippen MR) is 72.1 cm³/mol. The summed E-state index contributed by atoms with van der Waals surface area (Å²) in [6.45, 7) is 1.86. The summed E-state index contributed by atoms with van der Waals surface area (Å²) in [5, 5.41) is 39.6. The largest absolute Gasteiger partial charge is 0.480 e. The molecule has 0 fully saturated rings. The molecular weight excluding hydrogens is 324 g/mol. The molecule has 0 bridgehead atoms. The van der Waals surface area contributed by atoms with Crippen LogP contribution in [-0.2, 0) is 15.0 Å². The molecule has 0 aliphatic rings. The van der Waals surface area contributed by atoms with Crippen LogP contribution in [0.3, 0.4) is 0 Å². The summed E-state index contributed by atoms with van der Waals surface area (Å²) in [6, 6.07) is 0.501. The van der Waals surface area contributed by atoms with Gasteiger partial charge in [-0.05, 0) is 13.8 Å².